The zero-order chi connectivity index (χ0) is 21.6. The number of hydrogen-bond donors (Lipinski definition) is 3. The number of benzene rings is 2. The van der Waals surface area contributed by atoms with Crippen molar-refractivity contribution in [2.45, 2.75) is 11.8 Å². The molecule has 30 heavy (non-hydrogen) atoms. The largest absolute Gasteiger partial charge is 0.497 e. The van der Waals surface area contributed by atoms with E-state index in [-0.39, 0.29) is 16.5 Å². The molecule has 1 heterocycles. The second-order valence-electron chi connectivity index (χ2n) is 6.33. The summed E-state index contributed by atoms with van der Waals surface area (Å²) in [5.74, 6) is 1.77. The highest BCUT2D eigenvalue weighted by Crippen LogP contribution is 2.21. The first kappa shape index (κ1) is 21.8. The van der Waals surface area contributed by atoms with Gasteiger partial charge < -0.3 is 15.4 Å². The first-order valence-corrected chi connectivity index (χ1v) is 11.0. The lowest BCUT2D eigenvalue weighted by Crippen LogP contribution is -2.29. The minimum atomic E-state index is -3.69. The number of anilines is 3. The van der Waals surface area contributed by atoms with Crippen LogP contribution in [0.4, 0.5) is 17.5 Å². The normalized spacial score (nSPS) is 11.2. The van der Waals surface area contributed by atoms with Crippen LogP contribution in [0.1, 0.15) is 5.69 Å². The second kappa shape index (κ2) is 9.75. The smallest absolute Gasteiger partial charge is 0.242 e. The third-order valence-corrected chi connectivity index (χ3v) is 6.00. The van der Waals surface area contributed by atoms with Crippen molar-refractivity contribution in [1.29, 1.82) is 0 Å². The van der Waals surface area contributed by atoms with Crippen molar-refractivity contribution in [3.05, 3.63) is 65.3 Å². The van der Waals surface area contributed by atoms with Crippen LogP contribution in [0.25, 0.3) is 0 Å². The Bertz CT molecular complexity index is 1110. The van der Waals surface area contributed by atoms with Gasteiger partial charge in [-0.25, -0.2) is 18.1 Å². The summed E-state index contributed by atoms with van der Waals surface area (Å²) in [6.07, 6.45) is 0. The third kappa shape index (κ3) is 5.82. The van der Waals surface area contributed by atoms with Crippen LogP contribution in [0.2, 0.25) is 5.02 Å². The molecular formula is C20H22ClN5O3S. The Kier molecular flexibility index (Phi) is 7.09. The van der Waals surface area contributed by atoms with E-state index >= 15 is 0 Å². The maximum atomic E-state index is 12.3. The van der Waals surface area contributed by atoms with Gasteiger partial charge in [0, 0.05) is 30.5 Å². The second-order valence-corrected chi connectivity index (χ2v) is 8.47. The molecule has 2 aromatic carbocycles. The van der Waals surface area contributed by atoms with E-state index in [9.17, 15) is 8.42 Å². The number of aryl methyl sites for hydroxylation is 1. The van der Waals surface area contributed by atoms with Gasteiger partial charge in [-0.15, -0.1) is 0 Å². The van der Waals surface area contributed by atoms with Gasteiger partial charge in [-0.2, -0.15) is 4.98 Å². The van der Waals surface area contributed by atoms with Crippen molar-refractivity contribution in [3.63, 3.8) is 0 Å². The summed E-state index contributed by atoms with van der Waals surface area (Å²) in [6, 6.07) is 15.6. The van der Waals surface area contributed by atoms with Gasteiger partial charge in [0.05, 0.1) is 12.1 Å². The van der Waals surface area contributed by atoms with E-state index in [4.69, 9.17) is 16.3 Å². The molecule has 158 valence electrons. The van der Waals surface area contributed by atoms with E-state index in [0.717, 1.165) is 17.1 Å². The number of sulfonamides is 1. The number of aromatic nitrogens is 2. The number of nitrogens with zero attached hydrogens (tertiary/aromatic N) is 2. The maximum Gasteiger partial charge on any atom is 0.242 e. The molecule has 10 heteroatoms. The van der Waals surface area contributed by atoms with Crippen molar-refractivity contribution in [2.75, 3.05) is 30.8 Å². The lowest BCUT2D eigenvalue weighted by molar-refractivity contribution is 0.415. The molecule has 0 radical (unpaired) electrons. The molecule has 3 aromatic rings. The fraction of sp³-hybridized carbons (Fsp3) is 0.200. The van der Waals surface area contributed by atoms with E-state index < -0.39 is 10.0 Å². The number of rotatable bonds is 9. The molecule has 0 spiro atoms. The lowest BCUT2D eigenvalue weighted by Gasteiger charge is -2.11. The van der Waals surface area contributed by atoms with E-state index in [0.29, 0.717) is 18.3 Å². The first-order valence-electron chi connectivity index (χ1n) is 9.12. The summed E-state index contributed by atoms with van der Waals surface area (Å²) < 4.78 is 32.4. The predicted octanol–water partition coefficient (Wildman–Crippen LogP) is 3.58. The minimum Gasteiger partial charge on any atom is -0.497 e. The monoisotopic (exact) mass is 447 g/mol. The van der Waals surface area contributed by atoms with Crippen molar-refractivity contribution >= 4 is 39.1 Å². The average molecular weight is 448 g/mol. The molecule has 0 bridgehead atoms. The average Bonchev–Trinajstić information content (AvgIpc) is 2.72. The van der Waals surface area contributed by atoms with Crippen LogP contribution in [0.5, 0.6) is 5.75 Å². The molecule has 3 N–H and O–H groups in total. The minimum absolute atomic E-state index is 0.0458. The Morgan fingerprint density at radius 3 is 2.47 bits per heavy atom. The highest BCUT2D eigenvalue weighted by molar-refractivity contribution is 7.89. The van der Waals surface area contributed by atoms with Crippen LogP contribution in [0.3, 0.4) is 0 Å². The molecule has 0 saturated carbocycles. The number of methoxy groups -OCH3 is 1. The van der Waals surface area contributed by atoms with Gasteiger partial charge >= 0.3 is 0 Å². The van der Waals surface area contributed by atoms with Crippen LogP contribution < -0.4 is 20.1 Å². The third-order valence-electron chi connectivity index (χ3n) is 4.04. The Morgan fingerprint density at radius 1 is 1.03 bits per heavy atom. The molecule has 0 unspecified atom stereocenters. The molecule has 0 amide bonds. The van der Waals surface area contributed by atoms with Crippen LogP contribution in [-0.2, 0) is 10.0 Å². The summed E-state index contributed by atoms with van der Waals surface area (Å²) in [6.45, 7) is 2.30. The molecular weight excluding hydrogens is 426 g/mol. The summed E-state index contributed by atoms with van der Waals surface area (Å²) in [4.78, 5) is 8.79. The summed E-state index contributed by atoms with van der Waals surface area (Å²) in [7, 11) is -2.08. The Labute approximate surface area is 180 Å². The molecule has 0 saturated heterocycles. The van der Waals surface area contributed by atoms with Gasteiger partial charge in [0.15, 0.2) is 0 Å². The molecule has 1 aromatic heterocycles. The molecule has 0 atom stereocenters. The van der Waals surface area contributed by atoms with E-state index in [1.807, 2.05) is 37.3 Å². The molecule has 0 aliphatic carbocycles. The van der Waals surface area contributed by atoms with Crippen molar-refractivity contribution < 1.29 is 13.2 Å². The van der Waals surface area contributed by atoms with E-state index in [1.165, 1.54) is 12.1 Å². The zero-order valence-electron chi connectivity index (χ0n) is 16.5. The lowest BCUT2D eigenvalue weighted by atomic mass is 10.3. The van der Waals surface area contributed by atoms with Gasteiger partial charge in [-0.05, 0) is 43.3 Å². The summed E-state index contributed by atoms with van der Waals surface area (Å²) in [5.41, 5.74) is 1.62. The van der Waals surface area contributed by atoms with Gasteiger partial charge in [0.1, 0.15) is 16.5 Å². The van der Waals surface area contributed by atoms with Crippen LogP contribution >= 0.6 is 11.6 Å². The number of hydrogen-bond acceptors (Lipinski definition) is 7. The Hall–Kier alpha value is -2.88. The van der Waals surface area contributed by atoms with Gasteiger partial charge in [0.25, 0.3) is 0 Å². The van der Waals surface area contributed by atoms with Crippen LogP contribution in [0, 0.1) is 6.92 Å². The highest BCUT2D eigenvalue weighted by Gasteiger charge is 2.16. The van der Waals surface area contributed by atoms with Gasteiger partial charge in [-0.1, -0.05) is 23.7 Å². The molecule has 8 nitrogen and oxygen atoms in total. The fourth-order valence-corrected chi connectivity index (χ4v) is 4.18. The van der Waals surface area contributed by atoms with Crippen LogP contribution in [-0.4, -0.2) is 38.6 Å². The van der Waals surface area contributed by atoms with Crippen LogP contribution in [0.15, 0.2) is 59.5 Å². The highest BCUT2D eigenvalue weighted by atomic mass is 35.5. The molecule has 0 aliphatic heterocycles. The molecule has 0 aliphatic rings. The maximum absolute atomic E-state index is 12.3. The molecule has 3 rings (SSSR count). The number of ether oxygens (including phenoxy) is 1. The van der Waals surface area contributed by atoms with Crippen molar-refractivity contribution in [2.24, 2.45) is 0 Å². The van der Waals surface area contributed by atoms with Crippen molar-refractivity contribution in [3.8, 4) is 5.75 Å². The SMILES string of the molecule is COc1ccc(Nc2cc(C)nc(NCCNS(=O)(=O)c3ccccc3Cl)n2)cc1. The Morgan fingerprint density at radius 2 is 1.77 bits per heavy atom. The first-order chi connectivity index (χ1) is 14.4. The van der Waals surface area contributed by atoms with E-state index in [2.05, 4.69) is 25.3 Å². The topological polar surface area (TPSA) is 105 Å². The fourth-order valence-electron chi connectivity index (χ4n) is 2.63. The zero-order valence-corrected chi connectivity index (χ0v) is 18.1. The Balaban J connectivity index is 1.58. The van der Waals surface area contributed by atoms with Gasteiger partial charge in [0.2, 0.25) is 16.0 Å². The summed E-state index contributed by atoms with van der Waals surface area (Å²) >= 11 is 5.97. The number of halogens is 1. The van der Waals surface area contributed by atoms with E-state index in [1.54, 1.807) is 19.2 Å². The van der Waals surface area contributed by atoms with Gasteiger partial charge in [-0.3, -0.25) is 0 Å². The van der Waals surface area contributed by atoms with Crippen molar-refractivity contribution in [1.82, 2.24) is 14.7 Å². The predicted molar refractivity (Wildman–Crippen MR) is 118 cm³/mol. The number of nitrogens with one attached hydrogen (secondary N) is 3. The molecule has 0 fully saturated rings. The summed E-state index contributed by atoms with van der Waals surface area (Å²) in [5, 5.41) is 6.41. The standard InChI is InChI=1S/C20H22ClN5O3S/c1-14-13-19(25-15-7-9-16(29-2)10-8-15)26-20(24-14)22-11-12-23-30(27,28)18-6-4-3-5-17(18)21/h3-10,13,23H,11-12H2,1-2H3,(H2,22,24,25,26). The quantitative estimate of drug-likeness (QED) is 0.430.